The number of ether oxygens (including phenoxy) is 1. The zero-order valence-corrected chi connectivity index (χ0v) is 16.4. The molecule has 0 unspecified atom stereocenters. The molecule has 3 aromatic rings. The van der Waals surface area contributed by atoms with Gasteiger partial charge < -0.3 is 15.2 Å². The Morgan fingerprint density at radius 1 is 0.935 bits per heavy atom. The molecule has 0 heterocycles. The van der Waals surface area contributed by atoms with Gasteiger partial charge in [-0.05, 0) is 35.4 Å². The number of amides is 1. The van der Waals surface area contributed by atoms with Crippen LogP contribution < -0.4 is 5.32 Å². The Kier molecular flexibility index (Phi) is 7.08. The average molecular weight is 420 g/mol. The number of nitro groups is 1. The molecule has 0 fully saturated rings. The van der Waals surface area contributed by atoms with Crippen LogP contribution >= 0.6 is 0 Å². The smallest absolute Gasteiger partial charge is 0.337 e. The molecule has 3 aromatic carbocycles. The number of aliphatic hydroxyl groups is 1. The zero-order valence-electron chi connectivity index (χ0n) is 16.4. The monoisotopic (exact) mass is 420 g/mol. The van der Waals surface area contributed by atoms with Crippen molar-refractivity contribution in [3.05, 3.63) is 112 Å². The van der Waals surface area contributed by atoms with Crippen LogP contribution in [-0.4, -0.2) is 28.0 Å². The predicted molar refractivity (Wildman–Crippen MR) is 112 cm³/mol. The second-order valence-electron chi connectivity index (χ2n) is 6.70. The molecule has 158 valence electrons. The van der Waals surface area contributed by atoms with E-state index in [0.717, 1.165) is 0 Å². The Bertz CT molecular complexity index is 1040. The Hall–Kier alpha value is -4.04. The van der Waals surface area contributed by atoms with Gasteiger partial charge in [-0.3, -0.25) is 14.9 Å². The van der Waals surface area contributed by atoms with E-state index >= 15 is 0 Å². The molecule has 0 aromatic heterocycles. The molecule has 1 amide bonds. The first-order chi connectivity index (χ1) is 15.0. The SMILES string of the molecule is O=C(N[C@@H](c1ccccc1)[C@@H](O)C(=O)OCc1ccc([N+](=O)[O-])cc1)c1ccccc1. The van der Waals surface area contributed by atoms with Crippen molar-refractivity contribution >= 4 is 17.6 Å². The first-order valence-electron chi connectivity index (χ1n) is 9.44. The fourth-order valence-electron chi connectivity index (χ4n) is 2.91. The van der Waals surface area contributed by atoms with Crippen molar-refractivity contribution in [3.8, 4) is 0 Å². The number of carbonyl (C=O) groups excluding carboxylic acids is 2. The fourth-order valence-corrected chi connectivity index (χ4v) is 2.91. The number of carbonyl (C=O) groups is 2. The average Bonchev–Trinajstić information content (AvgIpc) is 2.81. The van der Waals surface area contributed by atoms with Gasteiger partial charge in [0.25, 0.3) is 11.6 Å². The molecule has 31 heavy (non-hydrogen) atoms. The number of nitro benzene ring substituents is 1. The van der Waals surface area contributed by atoms with Crippen molar-refractivity contribution in [2.45, 2.75) is 18.8 Å². The van der Waals surface area contributed by atoms with E-state index in [1.165, 1.54) is 24.3 Å². The topological polar surface area (TPSA) is 119 Å². The van der Waals surface area contributed by atoms with Gasteiger partial charge >= 0.3 is 5.97 Å². The summed E-state index contributed by atoms with van der Waals surface area (Å²) in [5.74, 6) is -1.38. The molecule has 0 aliphatic heterocycles. The molecule has 8 heteroatoms. The summed E-state index contributed by atoms with van der Waals surface area (Å²) in [6, 6.07) is 21.5. The van der Waals surface area contributed by atoms with Gasteiger partial charge in [-0.25, -0.2) is 4.79 Å². The van der Waals surface area contributed by atoms with Crippen molar-refractivity contribution in [2.24, 2.45) is 0 Å². The summed E-state index contributed by atoms with van der Waals surface area (Å²) in [6.45, 7) is -0.179. The highest BCUT2D eigenvalue weighted by molar-refractivity contribution is 5.94. The lowest BCUT2D eigenvalue weighted by molar-refractivity contribution is -0.384. The van der Waals surface area contributed by atoms with Crippen LogP contribution in [0.1, 0.15) is 27.5 Å². The molecule has 0 bridgehead atoms. The van der Waals surface area contributed by atoms with Crippen molar-refractivity contribution in [3.63, 3.8) is 0 Å². The van der Waals surface area contributed by atoms with E-state index in [0.29, 0.717) is 16.7 Å². The van der Waals surface area contributed by atoms with Gasteiger partial charge in [0, 0.05) is 17.7 Å². The maximum atomic E-state index is 12.6. The summed E-state index contributed by atoms with van der Waals surface area (Å²) in [7, 11) is 0. The van der Waals surface area contributed by atoms with Crippen LogP contribution in [0, 0.1) is 10.1 Å². The molecule has 8 nitrogen and oxygen atoms in total. The molecular weight excluding hydrogens is 400 g/mol. The van der Waals surface area contributed by atoms with Gasteiger partial charge in [-0.2, -0.15) is 0 Å². The minimum absolute atomic E-state index is 0.0807. The molecule has 2 N–H and O–H groups in total. The standard InChI is InChI=1S/C23H20N2O6/c26-21(23(28)31-15-16-11-13-19(14-12-16)25(29)30)20(17-7-3-1-4-8-17)24-22(27)18-9-5-2-6-10-18/h1-14,20-21,26H,15H2,(H,24,27)/t20-,21+/m0/s1. The van der Waals surface area contributed by atoms with Gasteiger partial charge in [0.2, 0.25) is 0 Å². The summed E-state index contributed by atoms with van der Waals surface area (Å²) in [5.41, 5.74) is 1.36. The lowest BCUT2D eigenvalue weighted by Gasteiger charge is -2.23. The van der Waals surface area contributed by atoms with Gasteiger partial charge in [0.1, 0.15) is 6.61 Å². The number of hydrogen-bond acceptors (Lipinski definition) is 6. The Labute approximate surface area is 178 Å². The Balaban J connectivity index is 1.71. The van der Waals surface area contributed by atoms with E-state index in [9.17, 15) is 24.8 Å². The molecule has 0 saturated carbocycles. The number of esters is 1. The largest absolute Gasteiger partial charge is 0.459 e. The number of nitrogens with one attached hydrogen (secondary N) is 1. The number of benzene rings is 3. The first kappa shape index (κ1) is 21.7. The quantitative estimate of drug-likeness (QED) is 0.328. The summed E-state index contributed by atoms with van der Waals surface area (Å²) < 4.78 is 5.17. The van der Waals surface area contributed by atoms with Crippen molar-refractivity contribution in [1.82, 2.24) is 5.32 Å². The number of rotatable bonds is 8. The first-order valence-corrected chi connectivity index (χ1v) is 9.44. The third kappa shape index (κ3) is 5.74. The second-order valence-corrected chi connectivity index (χ2v) is 6.70. The van der Waals surface area contributed by atoms with E-state index in [2.05, 4.69) is 5.32 Å². The van der Waals surface area contributed by atoms with Crippen LogP contribution in [0.2, 0.25) is 0 Å². The van der Waals surface area contributed by atoms with Crippen LogP contribution in [0.15, 0.2) is 84.9 Å². The predicted octanol–water partition coefficient (Wildman–Crippen LogP) is 3.17. The van der Waals surface area contributed by atoms with Crippen molar-refractivity contribution in [2.75, 3.05) is 0 Å². The maximum Gasteiger partial charge on any atom is 0.337 e. The highest BCUT2D eigenvalue weighted by Crippen LogP contribution is 2.20. The molecule has 0 aliphatic rings. The van der Waals surface area contributed by atoms with Gasteiger partial charge in [0.05, 0.1) is 11.0 Å². The zero-order chi connectivity index (χ0) is 22.2. The summed E-state index contributed by atoms with van der Waals surface area (Å²) in [5, 5.41) is 24.0. The lowest BCUT2D eigenvalue weighted by atomic mass is 10.0. The van der Waals surface area contributed by atoms with E-state index < -0.39 is 28.9 Å². The number of non-ortho nitro benzene ring substituents is 1. The Morgan fingerprint density at radius 2 is 1.52 bits per heavy atom. The number of aliphatic hydroxyl groups excluding tert-OH is 1. The minimum atomic E-state index is -1.66. The molecular formula is C23H20N2O6. The molecule has 0 radical (unpaired) electrons. The van der Waals surface area contributed by atoms with Gasteiger partial charge in [-0.1, -0.05) is 48.5 Å². The van der Waals surface area contributed by atoms with E-state index in [1.807, 2.05) is 0 Å². The fraction of sp³-hybridized carbons (Fsp3) is 0.130. The van der Waals surface area contributed by atoms with Crippen LogP contribution in [0.5, 0.6) is 0 Å². The minimum Gasteiger partial charge on any atom is -0.459 e. The maximum absolute atomic E-state index is 12.6. The van der Waals surface area contributed by atoms with E-state index in [-0.39, 0.29) is 12.3 Å². The molecule has 0 spiro atoms. The molecule has 0 saturated heterocycles. The van der Waals surface area contributed by atoms with Crippen LogP contribution in [-0.2, 0) is 16.1 Å². The third-order valence-corrected chi connectivity index (χ3v) is 4.57. The molecule has 2 atom stereocenters. The van der Waals surface area contributed by atoms with E-state index in [4.69, 9.17) is 4.74 Å². The summed E-state index contributed by atoms with van der Waals surface area (Å²) >= 11 is 0. The summed E-state index contributed by atoms with van der Waals surface area (Å²) in [4.78, 5) is 35.3. The molecule has 3 rings (SSSR count). The van der Waals surface area contributed by atoms with Crippen molar-refractivity contribution < 1.29 is 24.4 Å². The second kappa shape index (κ2) is 10.1. The highest BCUT2D eigenvalue weighted by Gasteiger charge is 2.30. The van der Waals surface area contributed by atoms with Crippen molar-refractivity contribution in [1.29, 1.82) is 0 Å². The highest BCUT2D eigenvalue weighted by atomic mass is 16.6. The normalized spacial score (nSPS) is 12.4. The van der Waals surface area contributed by atoms with Gasteiger partial charge in [0.15, 0.2) is 6.10 Å². The number of nitrogens with zero attached hydrogens (tertiary/aromatic N) is 1. The molecule has 0 aliphatic carbocycles. The van der Waals surface area contributed by atoms with E-state index in [1.54, 1.807) is 60.7 Å². The van der Waals surface area contributed by atoms with Crippen LogP contribution in [0.3, 0.4) is 0 Å². The lowest BCUT2D eigenvalue weighted by Crippen LogP contribution is -2.41. The van der Waals surface area contributed by atoms with Gasteiger partial charge in [-0.15, -0.1) is 0 Å². The summed E-state index contributed by atoms with van der Waals surface area (Å²) in [6.07, 6.45) is -1.66. The van der Waals surface area contributed by atoms with Crippen LogP contribution in [0.4, 0.5) is 5.69 Å². The number of hydrogen-bond donors (Lipinski definition) is 2. The third-order valence-electron chi connectivity index (χ3n) is 4.57. The van der Waals surface area contributed by atoms with Crippen LogP contribution in [0.25, 0.3) is 0 Å². The Morgan fingerprint density at radius 3 is 2.10 bits per heavy atom.